The molecule has 0 spiro atoms. The van der Waals surface area contributed by atoms with Gasteiger partial charge in [0.1, 0.15) is 5.82 Å². The third kappa shape index (κ3) is 3.43. The van der Waals surface area contributed by atoms with Gasteiger partial charge in [-0.1, -0.05) is 0 Å². The van der Waals surface area contributed by atoms with E-state index in [0.29, 0.717) is 28.8 Å². The maximum Gasteiger partial charge on any atom is 0.270 e. The molecule has 0 aliphatic heterocycles. The minimum absolute atomic E-state index is 0.0471. The fourth-order valence-electron chi connectivity index (χ4n) is 1.92. The summed E-state index contributed by atoms with van der Waals surface area (Å²) >= 11 is 0. The van der Waals surface area contributed by atoms with Crippen LogP contribution in [0, 0.1) is 21.4 Å². The van der Waals surface area contributed by atoms with E-state index in [9.17, 15) is 15.4 Å². The molecule has 108 valence electrons. The Labute approximate surface area is 122 Å². The SMILES string of the molecule is CN(C)CCNc1cc(C#N)c2cc([N+](=O)[O-])ccc2n1. The average Bonchev–Trinajstić information content (AvgIpc) is 2.45. The largest absolute Gasteiger partial charge is 0.369 e. The summed E-state index contributed by atoms with van der Waals surface area (Å²) in [5.74, 6) is 0.592. The summed E-state index contributed by atoms with van der Waals surface area (Å²) in [5.41, 5.74) is 0.886. The lowest BCUT2D eigenvalue weighted by atomic mass is 10.1. The second-order valence-electron chi connectivity index (χ2n) is 4.86. The van der Waals surface area contributed by atoms with Crippen molar-refractivity contribution in [3.8, 4) is 6.07 Å². The topological polar surface area (TPSA) is 95.1 Å². The van der Waals surface area contributed by atoms with Crippen molar-refractivity contribution in [2.24, 2.45) is 0 Å². The number of nitrogens with one attached hydrogen (secondary N) is 1. The van der Waals surface area contributed by atoms with Crippen molar-refractivity contribution in [2.75, 3.05) is 32.5 Å². The molecule has 7 nitrogen and oxygen atoms in total. The fourth-order valence-corrected chi connectivity index (χ4v) is 1.92. The average molecular weight is 285 g/mol. The quantitative estimate of drug-likeness (QED) is 0.666. The zero-order chi connectivity index (χ0) is 15.4. The number of fused-ring (bicyclic) bond motifs is 1. The number of likely N-dealkylation sites (N-methyl/N-ethyl adjacent to an activating group) is 1. The maximum absolute atomic E-state index is 10.8. The highest BCUT2D eigenvalue weighted by Gasteiger charge is 2.11. The Morgan fingerprint density at radius 1 is 1.43 bits per heavy atom. The first kappa shape index (κ1) is 14.7. The number of benzene rings is 1. The van der Waals surface area contributed by atoms with Crippen molar-refractivity contribution in [3.05, 3.63) is 39.9 Å². The number of nitro groups is 1. The molecule has 0 bridgehead atoms. The van der Waals surface area contributed by atoms with Crippen LogP contribution >= 0.6 is 0 Å². The molecule has 0 saturated heterocycles. The molecule has 0 atom stereocenters. The number of aromatic nitrogens is 1. The minimum atomic E-state index is -0.482. The Bertz CT molecular complexity index is 721. The van der Waals surface area contributed by atoms with E-state index < -0.39 is 4.92 Å². The lowest BCUT2D eigenvalue weighted by Crippen LogP contribution is -2.21. The van der Waals surface area contributed by atoms with Crippen LogP contribution in [-0.4, -0.2) is 42.0 Å². The van der Waals surface area contributed by atoms with E-state index in [4.69, 9.17) is 0 Å². The lowest BCUT2D eigenvalue weighted by Gasteiger charge is -2.11. The molecule has 0 unspecified atom stereocenters. The highest BCUT2D eigenvalue weighted by molar-refractivity contribution is 5.88. The summed E-state index contributed by atoms with van der Waals surface area (Å²) in [6.07, 6.45) is 0. The standard InChI is InChI=1S/C14H15N5O2/c1-18(2)6-5-16-14-7-10(9-15)12-8-11(19(20)21)3-4-13(12)17-14/h3-4,7-8H,5-6H2,1-2H3,(H,16,17). The van der Waals surface area contributed by atoms with Crippen LogP contribution in [0.15, 0.2) is 24.3 Å². The molecule has 1 N–H and O–H groups in total. The molecule has 1 aromatic carbocycles. The number of hydrogen-bond donors (Lipinski definition) is 1. The zero-order valence-electron chi connectivity index (χ0n) is 11.8. The van der Waals surface area contributed by atoms with E-state index in [1.54, 1.807) is 12.1 Å². The first-order valence-electron chi connectivity index (χ1n) is 6.39. The zero-order valence-corrected chi connectivity index (χ0v) is 11.8. The van der Waals surface area contributed by atoms with E-state index in [2.05, 4.69) is 16.4 Å². The summed E-state index contributed by atoms with van der Waals surface area (Å²) in [5, 5.41) is 23.7. The highest BCUT2D eigenvalue weighted by atomic mass is 16.6. The van der Waals surface area contributed by atoms with Gasteiger partial charge in [-0.25, -0.2) is 4.98 Å². The second kappa shape index (κ2) is 6.15. The van der Waals surface area contributed by atoms with Crippen molar-refractivity contribution < 1.29 is 4.92 Å². The van der Waals surface area contributed by atoms with Crippen LogP contribution in [0.1, 0.15) is 5.56 Å². The summed E-state index contributed by atoms with van der Waals surface area (Å²) in [7, 11) is 3.94. The Morgan fingerprint density at radius 2 is 2.19 bits per heavy atom. The van der Waals surface area contributed by atoms with Crippen molar-refractivity contribution in [3.63, 3.8) is 0 Å². The molecule has 21 heavy (non-hydrogen) atoms. The Morgan fingerprint density at radius 3 is 2.81 bits per heavy atom. The summed E-state index contributed by atoms with van der Waals surface area (Å²) < 4.78 is 0. The van der Waals surface area contributed by atoms with Gasteiger partial charge in [0.05, 0.1) is 22.1 Å². The monoisotopic (exact) mass is 285 g/mol. The summed E-state index contributed by atoms with van der Waals surface area (Å²) in [6, 6.07) is 8.00. The number of nitriles is 1. The number of non-ortho nitro benzene ring substituents is 1. The summed E-state index contributed by atoms with van der Waals surface area (Å²) in [6.45, 7) is 1.53. The molecular weight excluding hydrogens is 270 g/mol. The van der Waals surface area contributed by atoms with Crippen molar-refractivity contribution >= 4 is 22.4 Å². The third-order valence-corrected chi connectivity index (χ3v) is 2.99. The van der Waals surface area contributed by atoms with E-state index in [1.165, 1.54) is 12.1 Å². The predicted octanol–water partition coefficient (Wildman–Crippen LogP) is 1.99. The van der Waals surface area contributed by atoms with Gasteiger partial charge in [-0.3, -0.25) is 10.1 Å². The number of anilines is 1. The molecule has 7 heteroatoms. The second-order valence-corrected chi connectivity index (χ2v) is 4.86. The number of pyridine rings is 1. The van der Waals surface area contributed by atoms with Gasteiger partial charge in [0.15, 0.2) is 0 Å². The minimum Gasteiger partial charge on any atom is -0.369 e. The molecule has 0 aliphatic rings. The predicted molar refractivity (Wildman–Crippen MR) is 80.2 cm³/mol. The van der Waals surface area contributed by atoms with Gasteiger partial charge >= 0.3 is 0 Å². The van der Waals surface area contributed by atoms with Crippen molar-refractivity contribution in [1.82, 2.24) is 9.88 Å². The van der Waals surface area contributed by atoms with Crippen molar-refractivity contribution in [1.29, 1.82) is 5.26 Å². The maximum atomic E-state index is 10.8. The smallest absolute Gasteiger partial charge is 0.270 e. The Balaban J connectivity index is 2.38. The highest BCUT2D eigenvalue weighted by Crippen LogP contribution is 2.24. The first-order chi connectivity index (χ1) is 10.0. The fraction of sp³-hybridized carbons (Fsp3) is 0.286. The van der Waals surface area contributed by atoms with Gasteiger partial charge in [0, 0.05) is 30.6 Å². The van der Waals surface area contributed by atoms with Gasteiger partial charge < -0.3 is 10.2 Å². The van der Waals surface area contributed by atoms with Crippen LogP contribution in [0.3, 0.4) is 0 Å². The molecule has 0 saturated carbocycles. The number of nitro benzene ring substituents is 1. The number of rotatable bonds is 5. The van der Waals surface area contributed by atoms with Crippen LogP contribution in [0.25, 0.3) is 10.9 Å². The van der Waals surface area contributed by atoms with Gasteiger partial charge in [-0.2, -0.15) is 5.26 Å². The number of hydrogen-bond acceptors (Lipinski definition) is 6. The van der Waals surface area contributed by atoms with Gasteiger partial charge in [0.25, 0.3) is 5.69 Å². The van der Waals surface area contributed by atoms with Crippen LogP contribution in [0.2, 0.25) is 0 Å². The van der Waals surface area contributed by atoms with E-state index >= 15 is 0 Å². The lowest BCUT2D eigenvalue weighted by molar-refractivity contribution is -0.384. The van der Waals surface area contributed by atoms with E-state index in [0.717, 1.165) is 6.54 Å². The third-order valence-electron chi connectivity index (χ3n) is 2.99. The van der Waals surface area contributed by atoms with Crippen molar-refractivity contribution in [2.45, 2.75) is 0 Å². The van der Waals surface area contributed by atoms with Gasteiger partial charge in [0.2, 0.25) is 0 Å². The molecule has 1 aromatic heterocycles. The molecular formula is C14H15N5O2. The molecule has 1 heterocycles. The van der Waals surface area contributed by atoms with E-state index in [1.807, 2.05) is 19.0 Å². The molecule has 0 fully saturated rings. The molecule has 0 radical (unpaired) electrons. The molecule has 0 aliphatic carbocycles. The van der Waals surface area contributed by atoms with Crippen LogP contribution in [-0.2, 0) is 0 Å². The van der Waals surface area contributed by atoms with E-state index in [-0.39, 0.29) is 5.69 Å². The van der Waals surface area contributed by atoms with Crippen LogP contribution < -0.4 is 5.32 Å². The van der Waals surface area contributed by atoms with Crippen LogP contribution in [0.5, 0.6) is 0 Å². The van der Waals surface area contributed by atoms with Crippen LogP contribution in [0.4, 0.5) is 11.5 Å². The van der Waals surface area contributed by atoms with Gasteiger partial charge in [-0.05, 0) is 26.2 Å². The molecule has 0 amide bonds. The summed E-state index contributed by atoms with van der Waals surface area (Å²) in [4.78, 5) is 16.7. The Hall–Kier alpha value is -2.72. The Kier molecular flexibility index (Phi) is 4.30. The first-order valence-corrected chi connectivity index (χ1v) is 6.39. The normalized spacial score (nSPS) is 10.6. The molecule has 2 aromatic rings. The number of nitrogens with zero attached hydrogens (tertiary/aromatic N) is 4. The van der Waals surface area contributed by atoms with Gasteiger partial charge in [-0.15, -0.1) is 0 Å². The molecule has 2 rings (SSSR count).